The van der Waals surface area contributed by atoms with Crippen molar-refractivity contribution in [2.24, 2.45) is 0 Å². The zero-order chi connectivity index (χ0) is 15.6. The largest absolute Gasteiger partial charge is 0.486 e. The van der Waals surface area contributed by atoms with Gasteiger partial charge in [0.05, 0.1) is 6.54 Å². The number of aliphatic hydroxyl groups is 1. The van der Waals surface area contributed by atoms with Crippen molar-refractivity contribution in [2.75, 3.05) is 6.61 Å². The van der Waals surface area contributed by atoms with Crippen LogP contribution in [-0.2, 0) is 13.2 Å². The predicted molar refractivity (Wildman–Crippen MR) is 82.2 cm³/mol. The third kappa shape index (κ3) is 2.68. The van der Waals surface area contributed by atoms with Crippen LogP contribution in [0.3, 0.4) is 0 Å². The van der Waals surface area contributed by atoms with Crippen molar-refractivity contribution in [2.45, 2.75) is 19.3 Å². The highest BCUT2D eigenvalue weighted by atomic mass is 16.6. The smallest absolute Gasteiger partial charge is 0.176 e. The molecule has 6 heteroatoms. The SMILES string of the molecule is OCc1ccc(-c2nccn2C[C@H]2COc3ccccc3O2)o1. The first-order valence-corrected chi connectivity index (χ1v) is 7.43. The predicted octanol–water partition coefficient (Wildman–Crippen LogP) is 2.48. The quantitative estimate of drug-likeness (QED) is 0.801. The third-order valence-corrected chi connectivity index (χ3v) is 3.72. The summed E-state index contributed by atoms with van der Waals surface area (Å²) in [5, 5.41) is 9.11. The molecule has 0 amide bonds. The highest BCUT2D eigenvalue weighted by molar-refractivity contribution is 5.48. The van der Waals surface area contributed by atoms with Gasteiger partial charge in [-0.3, -0.25) is 0 Å². The normalized spacial score (nSPS) is 16.5. The first-order valence-electron chi connectivity index (χ1n) is 7.43. The molecule has 3 aromatic rings. The highest BCUT2D eigenvalue weighted by Gasteiger charge is 2.22. The molecule has 1 aliphatic rings. The van der Waals surface area contributed by atoms with Gasteiger partial charge in [0.1, 0.15) is 19.0 Å². The van der Waals surface area contributed by atoms with Gasteiger partial charge in [0, 0.05) is 12.4 Å². The van der Waals surface area contributed by atoms with Crippen molar-refractivity contribution in [1.82, 2.24) is 9.55 Å². The maximum atomic E-state index is 9.11. The van der Waals surface area contributed by atoms with E-state index < -0.39 is 0 Å². The molecule has 4 rings (SSSR count). The van der Waals surface area contributed by atoms with Crippen molar-refractivity contribution in [3.63, 3.8) is 0 Å². The number of nitrogens with zero attached hydrogens (tertiary/aromatic N) is 2. The van der Waals surface area contributed by atoms with Gasteiger partial charge in [-0.1, -0.05) is 12.1 Å². The van der Waals surface area contributed by atoms with E-state index in [0.717, 1.165) is 11.5 Å². The number of rotatable bonds is 4. The summed E-state index contributed by atoms with van der Waals surface area (Å²) in [5.74, 6) is 3.36. The second-order valence-corrected chi connectivity index (χ2v) is 5.32. The molecule has 1 atom stereocenters. The molecule has 0 spiro atoms. The number of imidazole rings is 1. The monoisotopic (exact) mass is 312 g/mol. The van der Waals surface area contributed by atoms with E-state index in [0.29, 0.717) is 30.5 Å². The molecule has 6 nitrogen and oxygen atoms in total. The van der Waals surface area contributed by atoms with E-state index in [2.05, 4.69) is 4.98 Å². The van der Waals surface area contributed by atoms with Crippen LogP contribution in [0, 0.1) is 0 Å². The van der Waals surface area contributed by atoms with Gasteiger partial charge in [-0.05, 0) is 24.3 Å². The van der Waals surface area contributed by atoms with E-state index in [1.807, 2.05) is 35.0 Å². The molecule has 1 N–H and O–H groups in total. The van der Waals surface area contributed by atoms with Gasteiger partial charge in [-0.15, -0.1) is 0 Å². The van der Waals surface area contributed by atoms with Crippen LogP contribution in [0.1, 0.15) is 5.76 Å². The molecule has 0 unspecified atom stereocenters. The summed E-state index contributed by atoms with van der Waals surface area (Å²) >= 11 is 0. The van der Waals surface area contributed by atoms with E-state index in [4.69, 9.17) is 19.0 Å². The van der Waals surface area contributed by atoms with Crippen LogP contribution in [-0.4, -0.2) is 27.4 Å². The number of furan rings is 1. The lowest BCUT2D eigenvalue weighted by molar-refractivity contribution is 0.0788. The molecule has 1 aliphatic heterocycles. The van der Waals surface area contributed by atoms with Gasteiger partial charge in [0.2, 0.25) is 0 Å². The lowest BCUT2D eigenvalue weighted by atomic mass is 10.2. The van der Waals surface area contributed by atoms with Gasteiger partial charge in [-0.25, -0.2) is 4.98 Å². The van der Waals surface area contributed by atoms with Crippen molar-refractivity contribution in [1.29, 1.82) is 0 Å². The Morgan fingerprint density at radius 2 is 2.04 bits per heavy atom. The molecule has 0 fully saturated rings. The number of hydrogen-bond donors (Lipinski definition) is 1. The van der Waals surface area contributed by atoms with Gasteiger partial charge < -0.3 is 23.6 Å². The average molecular weight is 312 g/mol. The molecule has 0 bridgehead atoms. The van der Waals surface area contributed by atoms with Crippen molar-refractivity contribution in [3.8, 4) is 23.1 Å². The average Bonchev–Trinajstić information content (AvgIpc) is 3.23. The molecule has 2 aromatic heterocycles. The molecule has 0 aliphatic carbocycles. The van der Waals surface area contributed by atoms with Crippen LogP contribution < -0.4 is 9.47 Å². The fraction of sp³-hybridized carbons (Fsp3) is 0.235. The minimum atomic E-state index is -0.128. The number of ether oxygens (including phenoxy) is 2. The Bertz CT molecular complexity index is 808. The molecule has 3 heterocycles. The van der Waals surface area contributed by atoms with Gasteiger partial charge in [0.15, 0.2) is 29.2 Å². The Hall–Kier alpha value is -2.73. The second-order valence-electron chi connectivity index (χ2n) is 5.32. The number of para-hydroxylation sites is 2. The lowest BCUT2D eigenvalue weighted by Crippen LogP contribution is -2.33. The Morgan fingerprint density at radius 3 is 2.87 bits per heavy atom. The molecular weight excluding hydrogens is 296 g/mol. The minimum absolute atomic E-state index is 0.106. The van der Waals surface area contributed by atoms with E-state index >= 15 is 0 Å². The maximum absolute atomic E-state index is 9.11. The summed E-state index contributed by atoms with van der Waals surface area (Å²) in [7, 11) is 0. The van der Waals surface area contributed by atoms with Gasteiger partial charge >= 0.3 is 0 Å². The molecule has 0 radical (unpaired) electrons. The van der Waals surface area contributed by atoms with Crippen LogP contribution in [0.25, 0.3) is 11.6 Å². The Balaban J connectivity index is 1.53. The minimum Gasteiger partial charge on any atom is -0.486 e. The van der Waals surface area contributed by atoms with Crippen LogP contribution in [0.4, 0.5) is 0 Å². The van der Waals surface area contributed by atoms with Crippen LogP contribution >= 0.6 is 0 Å². The topological polar surface area (TPSA) is 69.7 Å². The summed E-state index contributed by atoms with van der Waals surface area (Å²) in [6, 6.07) is 11.2. The number of fused-ring (bicyclic) bond motifs is 1. The third-order valence-electron chi connectivity index (χ3n) is 3.72. The summed E-state index contributed by atoms with van der Waals surface area (Å²) < 4.78 is 19.2. The van der Waals surface area contributed by atoms with Crippen molar-refractivity contribution >= 4 is 0 Å². The van der Waals surface area contributed by atoms with Crippen LogP contribution in [0.15, 0.2) is 53.2 Å². The lowest BCUT2D eigenvalue weighted by Gasteiger charge is -2.26. The number of benzene rings is 1. The summed E-state index contributed by atoms with van der Waals surface area (Å²) in [4.78, 5) is 4.34. The van der Waals surface area contributed by atoms with Crippen molar-refractivity contribution in [3.05, 3.63) is 54.6 Å². The Labute approximate surface area is 132 Å². The summed E-state index contributed by atoms with van der Waals surface area (Å²) in [5.41, 5.74) is 0. The first-order chi connectivity index (χ1) is 11.3. The molecule has 23 heavy (non-hydrogen) atoms. The van der Waals surface area contributed by atoms with Crippen LogP contribution in [0.5, 0.6) is 11.5 Å². The number of aromatic nitrogens is 2. The van der Waals surface area contributed by atoms with E-state index in [9.17, 15) is 0 Å². The molecular formula is C17H16N2O4. The van der Waals surface area contributed by atoms with Gasteiger partial charge in [-0.2, -0.15) is 0 Å². The molecule has 0 saturated heterocycles. The molecule has 118 valence electrons. The Kier molecular flexibility index (Phi) is 3.51. The van der Waals surface area contributed by atoms with Gasteiger partial charge in [0.25, 0.3) is 0 Å². The first kappa shape index (κ1) is 13.9. The van der Waals surface area contributed by atoms with E-state index in [1.54, 1.807) is 18.3 Å². The fourth-order valence-electron chi connectivity index (χ4n) is 2.64. The maximum Gasteiger partial charge on any atom is 0.176 e. The zero-order valence-electron chi connectivity index (χ0n) is 12.4. The van der Waals surface area contributed by atoms with Crippen molar-refractivity contribution < 1.29 is 19.0 Å². The standard InChI is InChI=1S/C17H16N2O4/c20-10-12-5-6-16(22-12)17-18-7-8-19(17)9-13-11-21-14-3-1-2-4-15(14)23-13/h1-8,13,20H,9-11H2/t13-/m0/s1. The highest BCUT2D eigenvalue weighted by Crippen LogP contribution is 2.31. The Morgan fingerprint density at radius 1 is 1.17 bits per heavy atom. The fourth-order valence-corrected chi connectivity index (χ4v) is 2.64. The van der Waals surface area contributed by atoms with E-state index in [-0.39, 0.29) is 12.7 Å². The van der Waals surface area contributed by atoms with Crippen LogP contribution in [0.2, 0.25) is 0 Å². The second kappa shape index (κ2) is 5.81. The zero-order valence-corrected chi connectivity index (χ0v) is 12.4. The number of hydrogen-bond acceptors (Lipinski definition) is 5. The summed E-state index contributed by atoms with van der Waals surface area (Å²) in [6.07, 6.45) is 3.49. The summed E-state index contributed by atoms with van der Waals surface area (Å²) in [6.45, 7) is 0.949. The molecule has 1 aromatic carbocycles. The number of aliphatic hydroxyl groups excluding tert-OH is 1. The molecule has 0 saturated carbocycles. The van der Waals surface area contributed by atoms with E-state index in [1.165, 1.54) is 0 Å².